The molecule has 1 aliphatic carbocycles. The van der Waals surface area contributed by atoms with Crippen LogP contribution < -0.4 is 0 Å². The molecule has 0 atom stereocenters. The largest absolute Gasteiger partial charge is 0.481 e. The first-order valence-corrected chi connectivity index (χ1v) is 5.85. The number of aromatic carboxylic acids is 1. The van der Waals surface area contributed by atoms with E-state index >= 15 is 0 Å². The summed E-state index contributed by atoms with van der Waals surface area (Å²) in [6.45, 7) is 0. The lowest BCUT2D eigenvalue weighted by Gasteiger charge is -2.24. The van der Waals surface area contributed by atoms with Crippen LogP contribution in [0.5, 0.6) is 0 Å². The fourth-order valence-electron chi connectivity index (χ4n) is 2.66. The van der Waals surface area contributed by atoms with E-state index in [0.717, 1.165) is 12.1 Å². The standard InChI is InChI=1S/C13H12F2O4/c14-8-5-7(6-9(15)10(8)11(16)17)13(12(18)19)3-1-2-4-13/h5-6H,1-4H2,(H,16,17)(H,18,19). The van der Waals surface area contributed by atoms with E-state index in [1.54, 1.807) is 0 Å². The summed E-state index contributed by atoms with van der Waals surface area (Å²) in [5, 5.41) is 18.0. The SMILES string of the molecule is O=C(O)c1c(F)cc(C2(C(=O)O)CCCC2)cc1F. The third-order valence-electron chi connectivity index (χ3n) is 3.68. The molecule has 1 aromatic carbocycles. The van der Waals surface area contributed by atoms with Gasteiger partial charge in [-0.2, -0.15) is 0 Å². The van der Waals surface area contributed by atoms with Crippen molar-refractivity contribution in [1.82, 2.24) is 0 Å². The lowest BCUT2D eigenvalue weighted by atomic mass is 9.78. The van der Waals surface area contributed by atoms with Crippen LogP contribution in [0.3, 0.4) is 0 Å². The predicted octanol–water partition coefficient (Wildman–Crippen LogP) is 2.56. The average molecular weight is 270 g/mol. The Labute approximate surface area is 107 Å². The quantitative estimate of drug-likeness (QED) is 0.885. The maximum absolute atomic E-state index is 13.6. The van der Waals surface area contributed by atoms with E-state index in [9.17, 15) is 23.5 Å². The number of carbonyl (C=O) groups is 2. The van der Waals surface area contributed by atoms with Gasteiger partial charge in [-0.1, -0.05) is 12.8 Å². The van der Waals surface area contributed by atoms with Crippen molar-refractivity contribution >= 4 is 11.9 Å². The van der Waals surface area contributed by atoms with Crippen molar-refractivity contribution in [3.05, 3.63) is 34.9 Å². The Hall–Kier alpha value is -1.98. The number of halogens is 2. The third-order valence-corrected chi connectivity index (χ3v) is 3.68. The number of rotatable bonds is 3. The van der Waals surface area contributed by atoms with Crippen LogP contribution in [0, 0.1) is 11.6 Å². The second kappa shape index (κ2) is 4.60. The van der Waals surface area contributed by atoms with Gasteiger partial charge in [-0.05, 0) is 30.5 Å². The number of hydrogen-bond donors (Lipinski definition) is 2. The lowest BCUT2D eigenvalue weighted by Crippen LogP contribution is -2.33. The van der Waals surface area contributed by atoms with Gasteiger partial charge in [0.2, 0.25) is 0 Å². The molecule has 19 heavy (non-hydrogen) atoms. The minimum atomic E-state index is -1.71. The second-order valence-corrected chi connectivity index (χ2v) is 4.71. The summed E-state index contributed by atoms with van der Waals surface area (Å²) in [7, 11) is 0. The molecule has 0 bridgehead atoms. The van der Waals surface area contributed by atoms with Crippen molar-refractivity contribution in [1.29, 1.82) is 0 Å². The number of carboxylic acids is 2. The van der Waals surface area contributed by atoms with Crippen molar-refractivity contribution < 1.29 is 28.6 Å². The molecule has 1 aliphatic rings. The monoisotopic (exact) mass is 270 g/mol. The molecule has 1 aromatic rings. The van der Waals surface area contributed by atoms with E-state index in [2.05, 4.69) is 0 Å². The first-order valence-electron chi connectivity index (χ1n) is 5.85. The molecule has 0 spiro atoms. The minimum absolute atomic E-state index is 0.00231. The molecule has 102 valence electrons. The fraction of sp³-hybridized carbons (Fsp3) is 0.385. The van der Waals surface area contributed by atoms with Crippen LogP contribution in [-0.2, 0) is 10.2 Å². The number of aliphatic carboxylic acids is 1. The van der Waals surface area contributed by atoms with Crippen molar-refractivity contribution in [2.24, 2.45) is 0 Å². The van der Waals surface area contributed by atoms with Crippen molar-refractivity contribution in [3.8, 4) is 0 Å². The lowest BCUT2D eigenvalue weighted by molar-refractivity contribution is -0.143. The van der Waals surface area contributed by atoms with Crippen LogP contribution in [0.25, 0.3) is 0 Å². The van der Waals surface area contributed by atoms with Crippen molar-refractivity contribution in [2.75, 3.05) is 0 Å². The van der Waals surface area contributed by atoms with E-state index in [1.165, 1.54) is 0 Å². The Kier molecular flexibility index (Phi) is 3.26. The molecule has 6 heteroatoms. The van der Waals surface area contributed by atoms with Gasteiger partial charge in [0, 0.05) is 0 Å². The Balaban J connectivity index is 2.58. The van der Waals surface area contributed by atoms with Gasteiger partial charge in [0.15, 0.2) is 0 Å². The van der Waals surface area contributed by atoms with Crippen LogP contribution >= 0.6 is 0 Å². The van der Waals surface area contributed by atoms with E-state index in [1.807, 2.05) is 0 Å². The highest BCUT2D eigenvalue weighted by Crippen LogP contribution is 2.42. The molecule has 0 unspecified atom stereocenters. The fourth-order valence-corrected chi connectivity index (χ4v) is 2.66. The summed E-state index contributed by atoms with van der Waals surface area (Å²) in [4.78, 5) is 22.1. The summed E-state index contributed by atoms with van der Waals surface area (Å²) >= 11 is 0. The van der Waals surface area contributed by atoms with E-state index in [-0.39, 0.29) is 5.56 Å². The van der Waals surface area contributed by atoms with Crippen LogP contribution in [0.4, 0.5) is 8.78 Å². The summed E-state index contributed by atoms with van der Waals surface area (Å²) in [5.74, 6) is -5.32. The van der Waals surface area contributed by atoms with E-state index < -0.39 is 34.6 Å². The van der Waals surface area contributed by atoms with E-state index in [0.29, 0.717) is 25.7 Å². The van der Waals surface area contributed by atoms with Gasteiger partial charge in [0.1, 0.15) is 17.2 Å². The number of benzene rings is 1. The van der Waals surface area contributed by atoms with Crippen molar-refractivity contribution in [2.45, 2.75) is 31.1 Å². The third kappa shape index (κ3) is 2.07. The maximum Gasteiger partial charge on any atom is 0.341 e. The molecule has 1 fully saturated rings. The number of hydrogen-bond acceptors (Lipinski definition) is 2. The maximum atomic E-state index is 13.6. The Morgan fingerprint density at radius 2 is 1.53 bits per heavy atom. The molecule has 2 N–H and O–H groups in total. The van der Waals surface area contributed by atoms with E-state index in [4.69, 9.17) is 5.11 Å². The molecule has 1 saturated carbocycles. The summed E-state index contributed by atoms with van der Waals surface area (Å²) in [6, 6.07) is 1.65. The molecule has 0 heterocycles. The molecule has 4 nitrogen and oxygen atoms in total. The summed E-state index contributed by atoms with van der Waals surface area (Å²) < 4.78 is 27.3. The molecule has 0 saturated heterocycles. The highest BCUT2D eigenvalue weighted by Gasteiger charge is 2.43. The van der Waals surface area contributed by atoms with Gasteiger partial charge in [-0.15, -0.1) is 0 Å². The van der Waals surface area contributed by atoms with Crippen LogP contribution in [-0.4, -0.2) is 22.2 Å². The van der Waals surface area contributed by atoms with Gasteiger partial charge in [-0.25, -0.2) is 13.6 Å². The number of carboxylic acid groups (broad SMARTS) is 2. The Morgan fingerprint density at radius 1 is 1.05 bits per heavy atom. The van der Waals surface area contributed by atoms with Gasteiger partial charge in [0.25, 0.3) is 0 Å². The molecule has 0 radical (unpaired) electrons. The molecule has 0 aromatic heterocycles. The average Bonchev–Trinajstić information content (AvgIpc) is 2.77. The molecule has 0 amide bonds. The Bertz CT molecular complexity index is 525. The molecular formula is C13H12F2O4. The topological polar surface area (TPSA) is 74.6 Å². The van der Waals surface area contributed by atoms with Crippen LogP contribution in [0.15, 0.2) is 12.1 Å². The predicted molar refractivity (Wildman–Crippen MR) is 61.1 cm³/mol. The highest BCUT2D eigenvalue weighted by atomic mass is 19.1. The zero-order valence-electron chi connectivity index (χ0n) is 9.95. The summed E-state index contributed by atoms with van der Waals surface area (Å²) in [6.07, 6.45) is 1.92. The van der Waals surface area contributed by atoms with Crippen LogP contribution in [0.2, 0.25) is 0 Å². The smallest absolute Gasteiger partial charge is 0.341 e. The molecule has 2 rings (SSSR count). The van der Waals surface area contributed by atoms with Gasteiger partial charge >= 0.3 is 11.9 Å². The first kappa shape index (κ1) is 13.5. The zero-order chi connectivity index (χ0) is 14.2. The normalized spacial score (nSPS) is 17.4. The second-order valence-electron chi connectivity index (χ2n) is 4.71. The molecular weight excluding hydrogens is 258 g/mol. The molecule has 0 aliphatic heterocycles. The minimum Gasteiger partial charge on any atom is -0.481 e. The Morgan fingerprint density at radius 3 is 1.89 bits per heavy atom. The highest BCUT2D eigenvalue weighted by molar-refractivity contribution is 5.89. The van der Waals surface area contributed by atoms with Gasteiger partial charge in [-0.3, -0.25) is 4.79 Å². The summed E-state index contributed by atoms with van der Waals surface area (Å²) in [5.41, 5.74) is -2.36. The van der Waals surface area contributed by atoms with Crippen LogP contribution in [0.1, 0.15) is 41.6 Å². The van der Waals surface area contributed by atoms with Gasteiger partial charge in [0.05, 0.1) is 5.41 Å². The zero-order valence-corrected chi connectivity index (χ0v) is 9.95. The first-order chi connectivity index (χ1) is 8.88. The van der Waals surface area contributed by atoms with Gasteiger partial charge < -0.3 is 10.2 Å². The van der Waals surface area contributed by atoms with Crippen molar-refractivity contribution in [3.63, 3.8) is 0 Å².